The smallest absolute Gasteiger partial charge is 0.492 e. The van der Waals surface area contributed by atoms with Gasteiger partial charge in [0.1, 0.15) is 18.1 Å². The summed E-state index contributed by atoms with van der Waals surface area (Å²) in [5.74, 6) is 0.254. The summed E-state index contributed by atoms with van der Waals surface area (Å²) in [6, 6.07) is 3.57. The van der Waals surface area contributed by atoms with Crippen LogP contribution in [0.15, 0.2) is 18.2 Å². The van der Waals surface area contributed by atoms with E-state index in [0.29, 0.717) is 39.2 Å². The van der Waals surface area contributed by atoms with Crippen LogP contribution in [0.2, 0.25) is 5.02 Å². The Balaban J connectivity index is 1.22. The van der Waals surface area contributed by atoms with Gasteiger partial charge in [-0.25, -0.2) is 4.79 Å². The summed E-state index contributed by atoms with van der Waals surface area (Å²) in [5.41, 5.74) is 0. The molecule has 3 aliphatic heterocycles. The average Bonchev–Trinajstić information content (AvgIpc) is 2.77. The third kappa shape index (κ3) is 6.23. The van der Waals surface area contributed by atoms with Crippen LogP contribution in [0.5, 0.6) is 11.5 Å². The van der Waals surface area contributed by atoms with Crippen molar-refractivity contribution in [1.82, 2.24) is 9.80 Å². The van der Waals surface area contributed by atoms with Crippen molar-refractivity contribution in [1.29, 1.82) is 0 Å². The van der Waals surface area contributed by atoms with E-state index in [0.717, 1.165) is 31.4 Å². The minimum absolute atomic E-state index is 0.00543. The highest BCUT2D eigenvalue weighted by atomic mass is 35.5. The minimum Gasteiger partial charge on any atom is -0.492 e. The van der Waals surface area contributed by atoms with Gasteiger partial charge in [-0.1, -0.05) is 11.6 Å². The van der Waals surface area contributed by atoms with Crippen LogP contribution in [0.4, 0.5) is 18.0 Å². The van der Waals surface area contributed by atoms with Crippen LogP contribution in [-0.4, -0.2) is 73.5 Å². The summed E-state index contributed by atoms with van der Waals surface area (Å²) in [6.07, 6.45) is -1.99. The number of carbonyl (C=O) groups excluding carboxylic acids is 2. The molecule has 3 saturated heterocycles. The van der Waals surface area contributed by atoms with Gasteiger partial charge in [0, 0.05) is 44.6 Å². The number of carbonyl (C=O) groups is 2. The number of ether oxygens (including phenoxy) is 3. The van der Waals surface area contributed by atoms with E-state index in [4.69, 9.17) is 21.1 Å². The van der Waals surface area contributed by atoms with Gasteiger partial charge in [0.15, 0.2) is 5.78 Å². The van der Waals surface area contributed by atoms with E-state index in [1.165, 1.54) is 6.07 Å². The number of fused-ring (bicyclic) bond motifs is 1. The molecule has 3 fully saturated rings. The van der Waals surface area contributed by atoms with Crippen LogP contribution >= 0.6 is 11.6 Å². The second kappa shape index (κ2) is 9.97. The first-order valence-electron chi connectivity index (χ1n) is 11.0. The van der Waals surface area contributed by atoms with Crippen molar-refractivity contribution in [2.75, 3.05) is 39.4 Å². The van der Waals surface area contributed by atoms with Crippen LogP contribution in [0.3, 0.4) is 0 Å². The number of hydrogen-bond acceptors (Lipinski definition) is 5. The van der Waals surface area contributed by atoms with Crippen LogP contribution in [0, 0.1) is 11.8 Å². The number of alkyl halides is 3. The van der Waals surface area contributed by atoms with E-state index < -0.39 is 12.1 Å². The molecule has 11 heteroatoms. The van der Waals surface area contributed by atoms with Gasteiger partial charge in [0.25, 0.3) is 0 Å². The molecule has 0 unspecified atom stereocenters. The number of ketones is 1. The van der Waals surface area contributed by atoms with Gasteiger partial charge < -0.3 is 24.0 Å². The van der Waals surface area contributed by atoms with Crippen molar-refractivity contribution >= 4 is 23.4 Å². The molecule has 0 bridgehead atoms. The van der Waals surface area contributed by atoms with Crippen LogP contribution in [-0.2, 0) is 9.53 Å². The highest BCUT2D eigenvalue weighted by Crippen LogP contribution is 2.33. The fourth-order valence-electron chi connectivity index (χ4n) is 4.65. The number of nitrogens with zero attached hydrogens (tertiary/aromatic N) is 2. The number of hydrogen-bond donors (Lipinski definition) is 0. The molecular weight excluding hydrogens is 465 g/mol. The van der Waals surface area contributed by atoms with Crippen LogP contribution < -0.4 is 9.47 Å². The maximum absolute atomic E-state index is 13.0. The van der Waals surface area contributed by atoms with E-state index in [9.17, 15) is 22.8 Å². The molecule has 2 amide bonds. The molecule has 182 valence electrons. The molecule has 33 heavy (non-hydrogen) atoms. The first-order valence-corrected chi connectivity index (χ1v) is 11.4. The zero-order valence-corrected chi connectivity index (χ0v) is 18.7. The second-order valence-corrected chi connectivity index (χ2v) is 9.16. The summed E-state index contributed by atoms with van der Waals surface area (Å²) in [7, 11) is 0. The Morgan fingerprint density at radius 2 is 1.88 bits per heavy atom. The molecule has 0 radical (unpaired) electrons. The molecule has 0 N–H and O–H groups in total. The lowest BCUT2D eigenvalue weighted by molar-refractivity contribution is -0.274. The van der Waals surface area contributed by atoms with Crippen molar-refractivity contribution in [3.05, 3.63) is 23.2 Å². The number of halogens is 4. The Labute approximate surface area is 194 Å². The number of Topliss-reactive ketones (excluding diaryl/α,β-unsaturated/α-hetero) is 1. The summed E-state index contributed by atoms with van der Waals surface area (Å²) < 4.78 is 52.1. The summed E-state index contributed by atoms with van der Waals surface area (Å²) in [6.45, 7) is 2.90. The number of urea groups is 1. The zero-order valence-electron chi connectivity index (χ0n) is 18.0. The lowest BCUT2D eigenvalue weighted by atomic mass is 9.88. The molecule has 3 aliphatic rings. The van der Waals surface area contributed by atoms with Gasteiger partial charge in [0.05, 0.1) is 17.7 Å². The first-order chi connectivity index (χ1) is 15.7. The van der Waals surface area contributed by atoms with E-state index in [1.807, 2.05) is 9.80 Å². The standard InChI is InChI=1S/C22H26ClF3N2O5/c23-18-10-17(33-22(24,25)26)1-2-20(18)31-12-14-3-6-27(7-4-14)21(30)28-8-5-19-15(11-28)9-16(29)13-32-19/h1-2,10,14-15,19H,3-9,11-13H2/t15-,19+/m1/s1. The Hall–Kier alpha value is -2.20. The van der Waals surface area contributed by atoms with E-state index in [-0.39, 0.29) is 47.1 Å². The molecule has 3 heterocycles. The Bertz CT molecular complexity index is 876. The topological polar surface area (TPSA) is 68.3 Å². The quantitative estimate of drug-likeness (QED) is 0.635. The summed E-state index contributed by atoms with van der Waals surface area (Å²) >= 11 is 6.02. The van der Waals surface area contributed by atoms with Gasteiger partial charge in [-0.2, -0.15) is 0 Å². The van der Waals surface area contributed by atoms with Crippen molar-refractivity contribution in [2.24, 2.45) is 11.8 Å². The third-order valence-electron chi connectivity index (χ3n) is 6.38. The molecule has 1 aromatic carbocycles. The maximum atomic E-state index is 13.0. The number of likely N-dealkylation sites (tertiary alicyclic amines) is 2. The lowest BCUT2D eigenvalue weighted by Gasteiger charge is -2.43. The monoisotopic (exact) mass is 490 g/mol. The lowest BCUT2D eigenvalue weighted by Crippen LogP contribution is -2.54. The van der Waals surface area contributed by atoms with Gasteiger partial charge in [-0.15, -0.1) is 13.2 Å². The van der Waals surface area contributed by atoms with Gasteiger partial charge in [-0.3, -0.25) is 4.79 Å². The molecule has 0 saturated carbocycles. The van der Waals surface area contributed by atoms with E-state index in [1.54, 1.807) is 0 Å². The SMILES string of the molecule is O=C1CO[C@H]2CCN(C(=O)N3CCC(COc4ccc(OC(F)(F)F)cc4Cl)CC3)C[C@H]2C1. The molecule has 0 aliphatic carbocycles. The fourth-order valence-corrected chi connectivity index (χ4v) is 4.87. The van der Waals surface area contributed by atoms with Crippen molar-refractivity contribution in [2.45, 2.75) is 38.1 Å². The molecule has 7 nitrogen and oxygen atoms in total. The average molecular weight is 491 g/mol. The number of piperidine rings is 2. The first kappa shape index (κ1) is 23.9. The Morgan fingerprint density at radius 1 is 1.15 bits per heavy atom. The summed E-state index contributed by atoms with van der Waals surface area (Å²) in [4.78, 5) is 28.3. The van der Waals surface area contributed by atoms with E-state index in [2.05, 4.69) is 4.74 Å². The predicted octanol–water partition coefficient (Wildman–Crippen LogP) is 4.13. The van der Waals surface area contributed by atoms with Gasteiger partial charge in [0.2, 0.25) is 0 Å². The third-order valence-corrected chi connectivity index (χ3v) is 6.67. The minimum atomic E-state index is -4.78. The predicted molar refractivity (Wildman–Crippen MR) is 112 cm³/mol. The fraction of sp³-hybridized carbons (Fsp3) is 0.636. The van der Waals surface area contributed by atoms with Crippen LogP contribution in [0.1, 0.15) is 25.7 Å². The van der Waals surface area contributed by atoms with Gasteiger partial charge >= 0.3 is 12.4 Å². The maximum Gasteiger partial charge on any atom is 0.573 e. The molecule has 2 atom stereocenters. The molecule has 0 spiro atoms. The second-order valence-electron chi connectivity index (χ2n) is 8.75. The number of amides is 2. The normalized spacial score (nSPS) is 24.4. The van der Waals surface area contributed by atoms with E-state index >= 15 is 0 Å². The van der Waals surface area contributed by atoms with Crippen molar-refractivity contribution in [3.8, 4) is 11.5 Å². The highest BCUT2D eigenvalue weighted by Gasteiger charge is 2.38. The Kier molecular flexibility index (Phi) is 7.23. The summed E-state index contributed by atoms with van der Waals surface area (Å²) in [5, 5.41) is 0.0398. The molecule has 0 aromatic heterocycles. The molecule has 1 aromatic rings. The highest BCUT2D eigenvalue weighted by molar-refractivity contribution is 6.32. The van der Waals surface area contributed by atoms with Crippen molar-refractivity contribution in [3.63, 3.8) is 0 Å². The zero-order chi connectivity index (χ0) is 23.6. The number of rotatable bonds is 4. The molecule has 4 rings (SSSR count). The van der Waals surface area contributed by atoms with Crippen molar-refractivity contribution < 1.29 is 37.0 Å². The molecular formula is C22H26ClF3N2O5. The number of benzene rings is 1. The Morgan fingerprint density at radius 3 is 2.58 bits per heavy atom. The largest absolute Gasteiger partial charge is 0.573 e. The van der Waals surface area contributed by atoms with Gasteiger partial charge in [-0.05, 0) is 37.3 Å². The van der Waals surface area contributed by atoms with Crippen LogP contribution in [0.25, 0.3) is 0 Å².